The molecule has 10 heteroatoms. The molecule has 0 radical (unpaired) electrons. The molecule has 9 nitrogen and oxygen atoms in total. The zero-order valence-electron chi connectivity index (χ0n) is 15.2. The molecule has 0 bridgehead atoms. The number of amides is 2. The zero-order chi connectivity index (χ0) is 18.7. The standard InChI is InChI=1S/C16H27N5O4S/c1-25-11-15-7-14(21-9-13(8-17-21)19-26(2,23)24)10-20(15)16(22)18-12-5-3-4-6-12/h8-9,12,14-15,19H,3-7,10-11H2,1-2H3,(H,18,22)/t14-,15-/m0/s1. The number of anilines is 1. The summed E-state index contributed by atoms with van der Waals surface area (Å²) in [4.78, 5) is 14.5. The van der Waals surface area contributed by atoms with Crippen molar-refractivity contribution in [3.05, 3.63) is 12.4 Å². The van der Waals surface area contributed by atoms with Gasteiger partial charge in [-0.1, -0.05) is 12.8 Å². The van der Waals surface area contributed by atoms with Gasteiger partial charge in [0.05, 0.1) is 36.8 Å². The molecule has 2 fully saturated rings. The first-order valence-corrected chi connectivity index (χ1v) is 10.8. The first-order chi connectivity index (χ1) is 12.4. The van der Waals surface area contributed by atoms with Crippen LogP contribution in [-0.2, 0) is 14.8 Å². The number of carbonyl (C=O) groups is 1. The van der Waals surface area contributed by atoms with Crippen LogP contribution in [0.4, 0.5) is 10.5 Å². The van der Waals surface area contributed by atoms with Crippen molar-refractivity contribution in [3.63, 3.8) is 0 Å². The number of ether oxygens (including phenoxy) is 1. The molecule has 146 valence electrons. The summed E-state index contributed by atoms with van der Waals surface area (Å²) in [5.74, 6) is 0. The fourth-order valence-electron chi connectivity index (χ4n) is 3.81. The van der Waals surface area contributed by atoms with Crippen LogP contribution in [0.15, 0.2) is 12.4 Å². The topological polar surface area (TPSA) is 106 Å². The molecule has 0 spiro atoms. The zero-order valence-corrected chi connectivity index (χ0v) is 16.0. The average Bonchev–Trinajstić information content (AvgIpc) is 3.26. The number of urea groups is 1. The average molecular weight is 385 g/mol. The third kappa shape index (κ3) is 4.67. The fraction of sp³-hybridized carbons (Fsp3) is 0.750. The van der Waals surface area contributed by atoms with Gasteiger partial charge >= 0.3 is 6.03 Å². The molecule has 2 aliphatic rings. The van der Waals surface area contributed by atoms with E-state index in [-0.39, 0.29) is 24.2 Å². The highest BCUT2D eigenvalue weighted by Gasteiger charge is 2.37. The van der Waals surface area contributed by atoms with E-state index in [9.17, 15) is 13.2 Å². The number of methoxy groups -OCH3 is 1. The van der Waals surface area contributed by atoms with Gasteiger partial charge in [0.2, 0.25) is 10.0 Å². The molecule has 0 unspecified atom stereocenters. The van der Waals surface area contributed by atoms with Crippen LogP contribution in [0, 0.1) is 0 Å². The largest absolute Gasteiger partial charge is 0.383 e. The minimum atomic E-state index is -3.34. The van der Waals surface area contributed by atoms with Gasteiger partial charge < -0.3 is 15.0 Å². The minimum absolute atomic E-state index is 0.0143. The number of carbonyl (C=O) groups excluding carboxylic acids is 1. The smallest absolute Gasteiger partial charge is 0.318 e. The molecule has 1 saturated carbocycles. The van der Waals surface area contributed by atoms with E-state index >= 15 is 0 Å². The highest BCUT2D eigenvalue weighted by atomic mass is 32.2. The van der Waals surface area contributed by atoms with Crippen molar-refractivity contribution < 1.29 is 17.9 Å². The van der Waals surface area contributed by atoms with Gasteiger partial charge in [-0.15, -0.1) is 0 Å². The van der Waals surface area contributed by atoms with Gasteiger partial charge in [0.1, 0.15) is 0 Å². The Balaban J connectivity index is 1.67. The number of hydrogen-bond acceptors (Lipinski definition) is 5. The first-order valence-electron chi connectivity index (χ1n) is 8.93. The molecule has 2 amide bonds. The molecule has 2 N–H and O–H groups in total. The quantitative estimate of drug-likeness (QED) is 0.765. The van der Waals surface area contributed by atoms with Gasteiger partial charge in [-0.05, 0) is 19.3 Å². The molecule has 2 atom stereocenters. The van der Waals surface area contributed by atoms with Crippen molar-refractivity contribution in [3.8, 4) is 0 Å². The van der Waals surface area contributed by atoms with Crippen molar-refractivity contribution in [2.45, 2.75) is 50.2 Å². The molecule has 1 aromatic rings. The lowest BCUT2D eigenvalue weighted by Gasteiger charge is -2.26. The van der Waals surface area contributed by atoms with Crippen LogP contribution in [0.1, 0.15) is 38.1 Å². The van der Waals surface area contributed by atoms with Crippen LogP contribution < -0.4 is 10.0 Å². The second-order valence-corrected chi connectivity index (χ2v) is 8.91. The Morgan fingerprint density at radius 1 is 1.38 bits per heavy atom. The summed E-state index contributed by atoms with van der Waals surface area (Å²) in [5.41, 5.74) is 0.421. The number of likely N-dealkylation sites (tertiary alicyclic amines) is 1. The molecule has 1 aliphatic heterocycles. The summed E-state index contributed by atoms with van der Waals surface area (Å²) >= 11 is 0. The lowest BCUT2D eigenvalue weighted by molar-refractivity contribution is 0.122. The summed E-state index contributed by atoms with van der Waals surface area (Å²) < 4.78 is 32.1. The SMILES string of the molecule is COC[C@@H]1C[C@H](n2cc(NS(C)(=O)=O)cn2)CN1C(=O)NC1CCCC1. The van der Waals surface area contributed by atoms with Crippen molar-refractivity contribution in [1.82, 2.24) is 20.0 Å². The number of aromatic nitrogens is 2. The highest BCUT2D eigenvalue weighted by Crippen LogP contribution is 2.29. The maximum absolute atomic E-state index is 12.7. The minimum Gasteiger partial charge on any atom is -0.383 e. The number of hydrogen-bond donors (Lipinski definition) is 2. The van der Waals surface area contributed by atoms with Crippen LogP contribution in [-0.4, -0.2) is 67.7 Å². The van der Waals surface area contributed by atoms with Crippen molar-refractivity contribution in [1.29, 1.82) is 0 Å². The molecule has 0 aromatic carbocycles. The highest BCUT2D eigenvalue weighted by molar-refractivity contribution is 7.92. The molecule has 1 saturated heterocycles. The fourth-order valence-corrected chi connectivity index (χ4v) is 4.35. The lowest BCUT2D eigenvalue weighted by atomic mass is 10.2. The number of nitrogens with zero attached hydrogens (tertiary/aromatic N) is 3. The molecular formula is C16H27N5O4S. The molecule has 3 rings (SSSR count). The van der Waals surface area contributed by atoms with Gasteiger partial charge in [-0.3, -0.25) is 9.40 Å². The molecule has 1 aromatic heterocycles. The first kappa shape index (κ1) is 19.0. The van der Waals surface area contributed by atoms with Crippen LogP contribution in [0.5, 0.6) is 0 Å². The summed E-state index contributed by atoms with van der Waals surface area (Å²) in [6, 6.07) is 0.171. The summed E-state index contributed by atoms with van der Waals surface area (Å²) in [6.07, 6.45) is 9.36. The van der Waals surface area contributed by atoms with E-state index in [1.807, 2.05) is 4.90 Å². The second-order valence-electron chi connectivity index (χ2n) is 7.17. The molecule has 26 heavy (non-hydrogen) atoms. The predicted octanol–water partition coefficient (Wildman–Crippen LogP) is 1.17. The van der Waals surface area contributed by atoms with E-state index in [2.05, 4.69) is 15.1 Å². The summed E-state index contributed by atoms with van der Waals surface area (Å²) in [5, 5.41) is 7.39. The summed E-state index contributed by atoms with van der Waals surface area (Å²) in [6.45, 7) is 0.983. The normalized spacial score (nSPS) is 24.2. The molecular weight excluding hydrogens is 358 g/mol. The Morgan fingerprint density at radius 3 is 2.77 bits per heavy atom. The molecule has 1 aliphatic carbocycles. The van der Waals surface area contributed by atoms with E-state index in [1.165, 1.54) is 19.0 Å². The maximum atomic E-state index is 12.7. The number of sulfonamides is 1. The predicted molar refractivity (Wildman–Crippen MR) is 97.5 cm³/mol. The molecule has 2 heterocycles. The van der Waals surface area contributed by atoms with Crippen molar-refractivity contribution >= 4 is 21.7 Å². The Labute approximate surface area is 154 Å². The lowest BCUT2D eigenvalue weighted by Crippen LogP contribution is -2.47. The monoisotopic (exact) mass is 385 g/mol. The van der Waals surface area contributed by atoms with E-state index in [1.54, 1.807) is 18.0 Å². The Morgan fingerprint density at radius 2 is 2.12 bits per heavy atom. The van der Waals surface area contributed by atoms with E-state index in [4.69, 9.17) is 4.74 Å². The number of nitrogens with one attached hydrogen (secondary N) is 2. The van der Waals surface area contributed by atoms with Crippen molar-refractivity contribution in [2.24, 2.45) is 0 Å². The van der Waals surface area contributed by atoms with Gasteiger partial charge in [-0.2, -0.15) is 5.10 Å². The third-order valence-electron chi connectivity index (χ3n) is 4.97. The Kier molecular flexibility index (Phi) is 5.71. The van der Waals surface area contributed by atoms with E-state index in [0.717, 1.165) is 19.1 Å². The second kappa shape index (κ2) is 7.83. The van der Waals surface area contributed by atoms with Crippen LogP contribution in [0.2, 0.25) is 0 Å². The van der Waals surface area contributed by atoms with Crippen LogP contribution in [0.25, 0.3) is 0 Å². The van der Waals surface area contributed by atoms with Crippen LogP contribution in [0.3, 0.4) is 0 Å². The Hall–Kier alpha value is -1.81. The summed E-state index contributed by atoms with van der Waals surface area (Å²) in [7, 11) is -1.71. The van der Waals surface area contributed by atoms with Gasteiger partial charge in [0, 0.05) is 25.9 Å². The van der Waals surface area contributed by atoms with E-state index < -0.39 is 10.0 Å². The number of rotatable bonds is 6. The van der Waals surface area contributed by atoms with E-state index in [0.29, 0.717) is 25.3 Å². The third-order valence-corrected chi connectivity index (χ3v) is 5.58. The van der Waals surface area contributed by atoms with Gasteiger partial charge in [0.15, 0.2) is 0 Å². The van der Waals surface area contributed by atoms with Crippen LogP contribution >= 0.6 is 0 Å². The van der Waals surface area contributed by atoms with Gasteiger partial charge in [0.25, 0.3) is 0 Å². The maximum Gasteiger partial charge on any atom is 0.318 e. The van der Waals surface area contributed by atoms with Crippen molar-refractivity contribution in [2.75, 3.05) is 31.2 Å². The van der Waals surface area contributed by atoms with Gasteiger partial charge in [-0.25, -0.2) is 13.2 Å². The Bertz CT molecular complexity index is 729.